The Labute approximate surface area is 110 Å². The molecule has 1 aliphatic rings. The molecule has 1 fully saturated rings. The molecule has 1 aromatic rings. The second-order valence-corrected chi connectivity index (χ2v) is 4.89. The lowest BCUT2D eigenvalue weighted by molar-refractivity contribution is 0.0594. The van der Waals surface area contributed by atoms with Crippen LogP contribution in [0.1, 0.15) is 23.7 Å². The monoisotopic (exact) mass is 270 g/mol. The largest absolute Gasteiger partial charge is 0.465 e. The molecule has 2 rings (SSSR count). The first kappa shape index (κ1) is 13.7. The Balaban J connectivity index is 2.28. The van der Waals surface area contributed by atoms with E-state index in [1.807, 2.05) is 6.92 Å². The lowest BCUT2D eigenvalue weighted by Gasteiger charge is -2.26. The van der Waals surface area contributed by atoms with Gasteiger partial charge in [0.05, 0.1) is 18.4 Å². The van der Waals surface area contributed by atoms with Crippen LogP contribution in [-0.4, -0.2) is 31.7 Å². The van der Waals surface area contributed by atoms with Crippen LogP contribution in [0.15, 0.2) is 12.1 Å². The molecule has 1 saturated heterocycles. The van der Waals surface area contributed by atoms with Gasteiger partial charge in [-0.25, -0.2) is 13.6 Å². The third-order valence-corrected chi connectivity index (χ3v) is 3.29. The first-order valence-electron chi connectivity index (χ1n) is 6.02. The average Bonchev–Trinajstić information content (AvgIpc) is 2.81. The molecule has 0 radical (unpaired) electrons. The third kappa shape index (κ3) is 2.68. The fourth-order valence-corrected chi connectivity index (χ4v) is 2.16. The fraction of sp³-hybridized carbons (Fsp3) is 0.462. The molecule has 0 aromatic heterocycles. The lowest BCUT2D eigenvalue weighted by atomic mass is 10.0. The van der Waals surface area contributed by atoms with E-state index in [4.69, 9.17) is 0 Å². The zero-order valence-corrected chi connectivity index (χ0v) is 10.8. The van der Waals surface area contributed by atoms with Crippen LogP contribution < -0.4 is 10.6 Å². The van der Waals surface area contributed by atoms with Crippen LogP contribution in [0.4, 0.5) is 14.5 Å². The lowest BCUT2D eigenvalue weighted by Crippen LogP contribution is -2.37. The maximum Gasteiger partial charge on any atom is 0.340 e. The van der Waals surface area contributed by atoms with Gasteiger partial charge in [0.25, 0.3) is 0 Å². The predicted molar refractivity (Wildman–Crippen MR) is 67.2 cm³/mol. The zero-order valence-electron chi connectivity index (χ0n) is 10.8. The number of anilines is 1. The highest BCUT2D eigenvalue weighted by atomic mass is 19.2. The molecule has 0 aliphatic carbocycles. The van der Waals surface area contributed by atoms with Gasteiger partial charge in [0.2, 0.25) is 0 Å². The van der Waals surface area contributed by atoms with Crippen molar-refractivity contribution in [1.29, 1.82) is 0 Å². The van der Waals surface area contributed by atoms with Crippen molar-refractivity contribution in [1.82, 2.24) is 5.32 Å². The highest BCUT2D eigenvalue weighted by Crippen LogP contribution is 2.26. The summed E-state index contributed by atoms with van der Waals surface area (Å²) >= 11 is 0. The molecule has 1 heterocycles. The van der Waals surface area contributed by atoms with Crippen molar-refractivity contribution in [3.63, 3.8) is 0 Å². The van der Waals surface area contributed by atoms with Crippen LogP contribution in [-0.2, 0) is 4.74 Å². The first-order valence-corrected chi connectivity index (χ1v) is 6.02. The van der Waals surface area contributed by atoms with Gasteiger partial charge in [-0.15, -0.1) is 0 Å². The number of methoxy groups -OCH3 is 1. The Bertz CT molecular complexity index is 500. The van der Waals surface area contributed by atoms with Crippen molar-refractivity contribution in [3.8, 4) is 0 Å². The molecule has 0 amide bonds. The number of benzene rings is 1. The molecular weight excluding hydrogens is 254 g/mol. The van der Waals surface area contributed by atoms with Crippen molar-refractivity contribution in [2.24, 2.45) is 0 Å². The summed E-state index contributed by atoms with van der Waals surface area (Å²) in [5, 5.41) is 6.13. The highest BCUT2D eigenvalue weighted by Gasteiger charge is 2.30. The predicted octanol–water partition coefficient (Wildman–Crippen LogP) is 1.92. The van der Waals surface area contributed by atoms with Gasteiger partial charge < -0.3 is 15.4 Å². The quantitative estimate of drug-likeness (QED) is 0.824. The molecule has 1 aromatic carbocycles. The van der Waals surface area contributed by atoms with Gasteiger partial charge in [0.15, 0.2) is 11.6 Å². The number of hydrogen-bond donors (Lipinski definition) is 2. The minimum absolute atomic E-state index is 0.0522. The van der Waals surface area contributed by atoms with Crippen LogP contribution in [0, 0.1) is 11.6 Å². The molecule has 0 spiro atoms. The second kappa shape index (κ2) is 5.13. The summed E-state index contributed by atoms with van der Waals surface area (Å²) in [5.74, 6) is -3.14. The average molecular weight is 270 g/mol. The summed E-state index contributed by atoms with van der Waals surface area (Å²) in [6.07, 6.45) is 0.812. The molecular formula is C13H16F2N2O2. The van der Waals surface area contributed by atoms with Crippen LogP contribution >= 0.6 is 0 Å². The number of rotatable bonds is 3. The number of esters is 1. The minimum atomic E-state index is -1.19. The topological polar surface area (TPSA) is 50.4 Å². The fourth-order valence-electron chi connectivity index (χ4n) is 2.16. The van der Waals surface area contributed by atoms with Gasteiger partial charge in [-0.3, -0.25) is 0 Å². The van der Waals surface area contributed by atoms with Crippen LogP contribution in [0.25, 0.3) is 0 Å². The number of carbonyl (C=O) groups is 1. The number of nitrogens with one attached hydrogen (secondary N) is 2. The summed E-state index contributed by atoms with van der Waals surface area (Å²) in [4.78, 5) is 11.2. The van der Waals surface area contributed by atoms with Crippen molar-refractivity contribution < 1.29 is 18.3 Å². The van der Waals surface area contributed by atoms with E-state index >= 15 is 0 Å². The Morgan fingerprint density at radius 2 is 2.16 bits per heavy atom. The normalized spacial score (nSPS) is 22.3. The maximum atomic E-state index is 13.9. The molecule has 0 saturated carbocycles. The molecule has 0 bridgehead atoms. The molecule has 1 atom stereocenters. The Morgan fingerprint density at radius 1 is 1.42 bits per heavy atom. The van der Waals surface area contributed by atoms with Crippen molar-refractivity contribution in [2.75, 3.05) is 25.5 Å². The smallest absolute Gasteiger partial charge is 0.340 e. The van der Waals surface area contributed by atoms with E-state index in [1.165, 1.54) is 12.1 Å². The zero-order chi connectivity index (χ0) is 14.0. The van der Waals surface area contributed by atoms with Gasteiger partial charge in [-0.2, -0.15) is 0 Å². The van der Waals surface area contributed by atoms with E-state index in [0.29, 0.717) is 6.54 Å². The van der Waals surface area contributed by atoms with Crippen molar-refractivity contribution in [3.05, 3.63) is 29.3 Å². The van der Waals surface area contributed by atoms with Crippen molar-refractivity contribution in [2.45, 2.75) is 18.9 Å². The SMILES string of the molecule is COC(=O)c1ccc(NC2(C)CCNC2)c(F)c1F. The second-order valence-electron chi connectivity index (χ2n) is 4.89. The molecule has 19 heavy (non-hydrogen) atoms. The van der Waals surface area contributed by atoms with Gasteiger partial charge in [0.1, 0.15) is 0 Å². The summed E-state index contributed by atoms with van der Waals surface area (Å²) in [7, 11) is 1.12. The van der Waals surface area contributed by atoms with Gasteiger partial charge in [-0.05, 0) is 32.0 Å². The number of carbonyl (C=O) groups excluding carboxylic acids is 1. The van der Waals surface area contributed by atoms with E-state index in [9.17, 15) is 13.6 Å². The van der Waals surface area contributed by atoms with Crippen molar-refractivity contribution >= 4 is 11.7 Å². The standard InChI is InChI=1S/C13H16F2N2O2/c1-13(5-6-16-7-13)17-9-4-3-8(12(18)19-2)10(14)11(9)15/h3-4,16-17H,5-7H2,1-2H3. The summed E-state index contributed by atoms with van der Waals surface area (Å²) in [5.41, 5.74) is -0.670. The summed E-state index contributed by atoms with van der Waals surface area (Å²) in [6.45, 7) is 3.43. The molecule has 1 unspecified atom stereocenters. The minimum Gasteiger partial charge on any atom is -0.465 e. The van der Waals surface area contributed by atoms with E-state index in [-0.39, 0.29) is 11.2 Å². The van der Waals surface area contributed by atoms with Crippen LogP contribution in [0.2, 0.25) is 0 Å². The maximum absolute atomic E-state index is 13.9. The highest BCUT2D eigenvalue weighted by molar-refractivity contribution is 5.90. The van der Waals surface area contributed by atoms with E-state index in [2.05, 4.69) is 15.4 Å². The third-order valence-electron chi connectivity index (χ3n) is 3.29. The van der Waals surface area contributed by atoms with E-state index in [0.717, 1.165) is 20.1 Å². The number of halogens is 2. The first-order chi connectivity index (χ1) is 8.97. The van der Waals surface area contributed by atoms with E-state index < -0.39 is 23.2 Å². The summed E-state index contributed by atoms with van der Waals surface area (Å²) in [6, 6.07) is 2.58. The summed E-state index contributed by atoms with van der Waals surface area (Å²) < 4.78 is 32.1. The molecule has 4 nitrogen and oxygen atoms in total. The number of ether oxygens (including phenoxy) is 1. The van der Waals surface area contributed by atoms with Gasteiger partial charge in [0, 0.05) is 12.1 Å². The molecule has 1 aliphatic heterocycles. The van der Waals surface area contributed by atoms with Crippen LogP contribution in [0.3, 0.4) is 0 Å². The Kier molecular flexibility index (Phi) is 3.71. The molecule has 104 valence electrons. The molecule has 6 heteroatoms. The molecule has 2 N–H and O–H groups in total. The van der Waals surface area contributed by atoms with Crippen LogP contribution in [0.5, 0.6) is 0 Å². The Hall–Kier alpha value is -1.69. The Morgan fingerprint density at radius 3 is 2.74 bits per heavy atom. The number of hydrogen-bond acceptors (Lipinski definition) is 4. The van der Waals surface area contributed by atoms with E-state index in [1.54, 1.807) is 0 Å². The van der Waals surface area contributed by atoms with Gasteiger partial charge >= 0.3 is 5.97 Å². The van der Waals surface area contributed by atoms with Gasteiger partial charge in [-0.1, -0.05) is 0 Å².